The monoisotopic (exact) mass is 314 g/mol. The van der Waals surface area contributed by atoms with Crippen molar-refractivity contribution in [3.63, 3.8) is 0 Å². The summed E-state index contributed by atoms with van der Waals surface area (Å²) in [4.78, 5) is 28.3. The fraction of sp³-hybridized carbons (Fsp3) is 0.412. The number of rotatable bonds is 3. The van der Waals surface area contributed by atoms with E-state index in [4.69, 9.17) is 0 Å². The van der Waals surface area contributed by atoms with Gasteiger partial charge < -0.3 is 10.3 Å². The van der Waals surface area contributed by atoms with Gasteiger partial charge in [-0.3, -0.25) is 15.0 Å². The molecule has 3 rings (SSSR count). The smallest absolute Gasteiger partial charge is 0.321 e. The van der Waals surface area contributed by atoms with Crippen molar-refractivity contribution < 1.29 is 9.59 Å². The van der Waals surface area contributed by atoms with Crippen molar-refractivity contribution in [3.05, 3.63) is 36.0 Å². The number of carbonyl (C=O) groups excluding carboxylic acids is 2. The number of nitrogens with zero attached hydrogens (tertiary/aromatic N) is 1. The van der Waals surface area contributed by atoms with Crippen molar-refractivity contribution in [1.82, 2.24) is 20.5 Å². The number of hydrogen-bond acceptors (Lipinski definition) is 3. The van der Waals surface area contributed by atoms with Gasteiger partial charge in [-0.1, -0.05) is 18.2 Å². The molecule has 0 aliphatic carbocycles. The number of amides is 3. The molecule has 0 radical (unpaired) electrons. The predicted molar refractivity (Wildman–Crippen MR) is 89.3 cm³/mol. The van der Waals surface area contributed by atoms with Gasteiger partial charge in [0.05, 0.1) is 6.54 Å². The van der Waals surface area contributed by atoms with Crippen LogP contribution in [0.3, 0.4) is 0 Å². The third kappa shape index (κ3) is 3.53. The number of likely N-dealkylation sites (tertiary alicyclic amines) is 1. The summed E-state index contributed by atoms with van der Waals surface area (Å²) in [5.74, 6) is 0.263. The van der Waals surface area contributed by atoms with Crippen LogP contribution in [0.2, 0.25) is 0 Å². The highest BCUT2D eigenvalue weighted by Gasteiger charge is 2.24. The fourth-order valence-electron chi connectivity index (χ4n) is 3.27. The maximum atomic E-state index is 11.7. The highest BCUT2D eigenvalue weighted by molar-refractivity contribution is 5.95. The quantitative estimate of drug-likeness (QED) is 0.808. The zero-order valence-corrected chi connectivity index (χ0v) is 13.3. The molecular formula is C17H22N4O2. The Morgan fingerprint density at radius 3 is 2.74 bits per heavy atom. The van der Waals surface area contributed by atoms with Gasteiger partial charge in [-0.05, 0) is 43.5 Å². The average molecular weight is 314 g/mol. The van der Waals surface area contributed by atoms with Crippen molar-refractivity contribution >= 4 is 22.8 Å². The molecule has 1 saturated heterocycles. The Hall–Kier alpha value is -2.34. The molecule has 2 aromatic rings. The first-order valence-electron chi connectivity index (χ1n) is 7.97. The molecule has 3 amide bonds. The van der Waals surface area contributed by atoms with Crippen LogP contribution in [0, 0.1) is 0 Å². The maximum absolute atomic E-state index is 11.7. The Balaban J connectivity index is 1.56. The zero-order valence-electron chi connectivity index (χ0n) is 13.3. The van der Waals surface area contributed by atoms with Crippen LogP contribution in [0.15, 0.2) is 30.5 Å². The summed E-state index contributed by atoms with van der Waals surface area (Å²) in [6.07, 6.45) is 4.16. The van der Waals surface area contributed by atoms with E-state index in [9.17, 15) is 9.59 Å². The van der Waals surface area contributed by atoms with Gasteiger partial charge >= 0.3 is 6.03 Å². The summed E-state index contributed by atoms with van der Waals surface area (Å²) in [6.45, 7) is 2.00. The molecule has 23 heavy (non-hydrogen) atoms. The minimum atomic E-state index is -0.455. The molecule has 0 spiro atoms. The molecule has 1 fully saturated rings. The molecule has 122 valence electrons. The number of urea groups is 1. The van der Waals surface area contributed by atoms with Gasteiger partial charge in [-0.25, -0.2) is 4.79 Å². The SMILES string of the molecule is CNC(=O)NC(=O)CN1CCC(c2c[nH]c3ccccc23)CC1. The second kappa shape index (κ2) is 6.83. The number of aromatic nitrogens is 1. The molecule has 0 saturated carbocycles. The van der Waals surface area contributed by atoms with Gasteiger partial charge in [0.1, 0.15) is 0 Å². The number of carbonyl (C=O) groups is 2. The third-order valence-corrected chi connectivity index (χ3v) is 4.50. The number of hydrogen-bond donors (Lipinski definition) is 3. The molecule has 1 aromatic heterocycles. The third-order valence-electron chi connectivity index (χ3n) is 4.50. The molecular weight excluding hydrogens is 292 g/mol. The van der Waals surface area contributed by atoms with E-state index < -0.39 is 6.03 Å². The van der Waals surface area contributed by atoms with Gasteiger partial charge in [0.2, 0.25) is 5.91 Å². The van der Waals surface area contributed by atoms with Crippen molar-refractivity contribution in [2.45, 2.75) is 18.8 Å². The minimum Gasteiger partial charge on any atom is -0.361 e. The van der Waals surface area contributed by atoms with Crippen molar-refractivity contribution in [2.75, 3.05) is 26.7 Å². The van der Waals surface area contributed by atoms with Crippen LogP contribution >= 0.6 is 0 Å². The Kier molecular flexibility index (Phi) is 4.62. The molecule has 3 N–H and O–H groups in total. The van der Waals surface area contributed by atoms with Gasteiger partial charge in [0, 0.05) is 24.1 Å². The lowest BCUT2D eigenvalue weighted by Crippen LogP contribution is -2.45. The number of para-hydroxylation sites is 1. The molecule has 2 heterocycles. The van der Waals surface area contributed by atoms with E-state index in [-0.39, 0.29) is 12.5 Å². The topological polar surface area (TPSA) is 77.2 Å². The average Bonchev–Trinajstić information content (AvgIpc) is 2.99. The predicted octanol–water partition coefficient (Wildman–Crippen LogP) is 1.80. The Morgan fingerprint density at radius 2 is 2.00 bits per heavy atom. The van der Waals surface area contributed by atoms with E-state index in [0.717, 1.165) is 25.9 Å². The first-order chi connectivity index (χ1) is 11.2. The number of benzene rings is 1. The van der Waals surface area contributed by atoms with Gasteiger partial charge in [0.15, 0.2) is 0 Å². The Morgan fingerprint density at radius 1 is 1.26 bits per heavy atom. The summed E-state index contributed by atoms with van der Waals surface area (Å²) < 4.78 is 0. The van der Waals surface area contributed by atoms with Crippen LogP contribution in [0.5, 0.6) is 0 Å². The maximum Gasteiger partial charge on any atom is 0.321 e. The van der Waals surface area contributed by atoms with Crippen LogP contribution in [0.1, 0.15) is 24.3 Å². The van der Waals surface area contributed by atoms with Crippen LogP contribution in [-0.2, 0) is 4.79 Å². The largest absolute Gasteiger partial charge is 0.361 e. The molecule has 0 unspecified atom stereocenters. The molecule has 6 nitrogen and oxygen atoms in total. The van der Waals surface area contributed by atoms with Crippen molar-refractivity contribution in [2.24, 2.45) is 0 Å². The first kappa shape index (κ1) is 15.6. The summed E-state index contributed by atoms with van der Waals surface area (Å²) in [5.41, 5.74) is 2.55. The molecule has 6 heteroatoms. The standard InChI is InChI=1S/C17H22N4O2/c1-18-17(23)20-16(22)11-21-8-6-12(7-9-21)14-10-19-15-5-3-2-4-13(14)15/h2-5,10,12,19H,6-9,11H2,1H3,(H2,18,20,22,23). The lowest BCUT2D eigenvalue weighted by atomic mass is 9.89. The fourth-order valence-corrected chi connectivity index (χ4v) is 3.27. The Bertz CT molecular complexity index is 701. The summed E-state index contributed by atoms with van der Waals surface area (Å²) >= 11 is 0. The normalized spacial score (nSPS) is 16.4. The number of imide groups is 1. The molecule has 1 aliphatic heterocycles. The lowest BCUT2D eigenvalue weighted by Gasteiger charge is -2.31. The molecule has 0 atom stereocenters. The van der Waals surface area contributed by atoms with Crippen LogP contribution < -0.4 is 10.6 Å². The summed E-state index contributed by atoms with van der Waals surface area (Å²) in [7, 11) is 1.50. The van der Waals surface area contributed by atoms with Crippen molar-refractivity contribution in [3.8, 4) is 0 Å². The first-order valence-corrected chi connectivity index (χ1v) is 7.97. The second-order valence-electron chi connectivity index (χ2n) is 5.97. The van der Waals surface area contributed by atoms with Crippen molar-refractivity contribution in [1.29, 1.82) is 0 Å². The number of nitrogens with one attached hydrogen (secondary N) is 3. The number of H-pyrrole nitrogens is 1. The van der Waals surface area contributed by atoms with Crippen LogP contribution in [0.4, 0.5) is 4.79 Å². The Labute approximate surface area is 135 Å². The van der Waals surface area contributed by atoms with Crippen LogP contribution in [0.25, 0.3) is 10.9 Å². The van der Waals surface area contributed by atoms with Gasteiger partial charge in [-0.2, -0.15) is 0 Å². The van der Waals surface area contributed by atoms with Gasteiger partial charge in [-0.15, -0.1) is 0 Å². The lowest BCUT2D eigenvalue weighted by molar-refractivity contribution is -0.121. The minimum absolute atomic E-state index is 0.255. The summed E-state index contributed by atoms with van der Waals surface area (Å²) in [6, 6.07) is 7.90. The molecule has 0 bridgehead atoms. The second-order valence-corrected chi connectivity index (χ2v) is 5.97. The highest BCUT2D eigenvalue weighted by Crippen LogP contribution is 2.32. The van der Waals surface area contributed by atoms with Crippen LogP contribution in [-0.4, -0.2) is 48.5 Å². The van der Waals surface area contributed by atoms with Gasteiger partial charge in [0.25, 0.3) is 0 Å². The van der Waals surface area contributed by atoms with E-state index in [0.29, 0.717) is 5.92 Å². The van der Waals surface area contributed by atoms with E-state index in [1.807, 2.05) is 6.07 Å². The van der Waals surface area contributed by atoms with E-state index in [1.54, 1.807) is 0 Å². The number of fused-ring (bicyclic) bond motifs is 1. The highest BCUT2D eigenvalue weighted by atomic mass is 16.2. The zero-order chi connectivity index (χ0) is 16.2. The van der Waals surface area contributed by atoms with E-state index in [2.05, 4.69) is 44.9 Å². The van der Waals surface area contributed by atoms with E-state index >= 15 is 0 Å². The molecule has 1 aliphatic rings. The number of aromatic amines is 1. The summed E-state index contributed by atoms with van der Waals surface area (Å²) in [5, 5.41) is 5.98. The van der Waals surface area contributed by atoms with E-state index in [1.165, 1.54) is 23.5 Å². The molecule has 1 aromatic carbocycles. The number of piperidine rings is 1.